The van der Waals surface area contributed by atoms with Crippen molar-refractivity contribution >= 4 is 18.1 Å². The second-order valence-corrected chi connectivity index (χ2v) is 9.82. The van der Waals surface area contributed by atoms with Crippen molar-refractivity contribution in [1.82, 2.24) is 9.78 Å². The van der Waals surface area contributed by atoms with Gasteiger partial charge in [-0.25, -0.2) is 14.0 Å². The summed E-state index contributed by atoms with van der Waals surface area (Å²) in [5.74, 6) is -0.264. The van der Waals surface area contributed by atoms with Gasteiger partial charge in [-0.1, -0.05) is 30.7 Å². The maximum Gasteiger partial charge on any atom is 0.123 e. The number of aliphatic hydroxyl groups is 1. The Kier molecular flexibility index (Phi) is 5.91. The molecule has 3 aromatic rings. The molecule has 1 aromatic heterocycles. The molecule has 0 amide bonds. The Morgan fingerprint density at radius 3 is 2.76 bits per heavy atom. The molecule has 172 valence electrons. The van der Waals surface area contributed by atoms with E-state index in [1.807, 2.05) is 29.1 Å². The lowest BCUT2D eigenvalue weighted by molar-refractivity contribution is -0.160. The molecule has 2 aliphatic carbocycles. The van der Waals surface area contributed by atoms with Crippen LogP contribution in [-0.4, -0.2) is 27.6 Å². The summed E-state index contributed by atoms with van der Waals surface area (Å²) >= 11 is 1.19. The molecule has 1 heterocycles. The molecule has 0 bridgehead atoms. The van der Waals surface area contributed by atoms with Crippen molar-refractivity contribution < 1.29 is 18.7 Å². The first-order valence-electron chi connectivity index (χ1n) is 11.1. The summed E-state index contributed by atoms with van der Waals surface area (Å²) in [4.78, 5) is 5.73. The highest BCUT2D eigenvalue weighted by atomic mass is 32.2. The van der Waals surface area contributed by atoms with Gasteiger partial charge in [0.2, 0.25) is 0 Å². The lowest BCUT2D eigenvalue weighted by Crippen LogP contribution is -2.45. The van der Waals surface area contributed by atoms with Crippen molar-refractivity contribution in [3.05, 3.63) is 82.9 Å². The Labute approximate surface area is 197 Å². The molecule has 1 saturated carbocycles. The van der Waals surface area contributed by atoms with Crippen LogP contribution in [0.25, 0.3) is 11.8 Å². The van der Waals surface area contributed by atoms with Gasteiger partial charge in [-0.2, -0.15) is 9.43 Å². The molecule has 33 heavy (non-hydrogen) atoms. The first kappa shape index (κ1) is 22.3. The van der Waals surface area contributed by atoms with Gasteiger partial charge in [-0.05, 0) is 79.6 Å². The van der Waals surface area contributed by atoms with E-state index in [9.17, 15) is 9.50 Å². The number of aryl methyl sites for hydroxylation is 1. The number of rotatable bonds is 7. The van der Waals surface area contributed by atoms with Crippen LogP contribution in [0.1, 0.15) is 43.0 Å². The van der Waals surface area contributed by atoms with E-state index in [1.165, 1.54) is 36.9 Å². The fourth-order valence-corrected chi connectivity index (χ4v) is 5.87. The molecule has 1 N–H and O–H groups in total. The highest BCUT2D eigenvalue weighted by molar-refractivity contribution is 7.94. The second-order valence-electron chi connectivity index (χ2n) is 9.08. The average molecular weight is 467 g/mol. The van der Waals surface area contributed by atoms with Crippen LogP contribution in [0, 0.1) is 11.2 Å². The number of aromatic nitrogens is 2. The van der Waals surface area contributed by atoms with E-state index in [0.717, 1.165) is 53.1 Å². The molecule has 0 saturated heterocycles. The van der Waals surface area contributed by atoms with Crippen LogP contribution < -0.4 is 0 Å². The van der Waals surface area contributed by atoms with Crippen molar-refractivity contribution in [2.45, 2.75) is 49.5 Å². The zero-order valence-electron chi connectivity index (χ0n) is 18.8. The Morgan fingerprint density at radius 2 is 1.97 bits per heavy atom. The molecule has 7 heteroatoms. The fourth-order valence-electron chi connectivity index (χ4n) is 5.32. The predicted molar refractivity (Wildman–Crippen MR) is 126 cm³/mol. The van der Waals surface area contributed by atoms with Gasteiger partial charge in [-0.15, -0.1) is 0 Å². The summed E-state index contributed by atoms with van der Waals surface area (Å²) in [7, 11) is 1.49. The summed E-state index contributed by atoms with van der Waals surface area (Å²) in [5, 5.41) is 16.5. The molecular weight excluding hydrogens is 439 g/mol. The van der Waals surface area contributed by atoms with E-state index in [0.29, 0.717) is 6.42 Å². The molecule has 0 radical (unpaired) electrons. The third-order valence-corrected chi connectivity index (χ3v) is 8.11. The predicted octanol–water partition coefficient (Wildman–Crippen LogP) is 5.70. The third kappa shape index (κ3) is 3.93. The van der Waals surface area contributed by atoms with Crippen LogP contribution in [0.4, 0.5) is 4.39 Å². The van der Waals surface area contributed by atoms with Gasteiger partial charge in [0.15, 0.2) is 0 Å². The minimum absolute atomic E-state index is 0.264. The molecule has 1 fully saturated rings. The lowest BCUT2D eigenvalue weighted by Gasteiger charge is -2.42. The summed E-state index contributed by atoms with van der Waals surface area (Å²) < 4.78 is 20.3. The van der Waals surface area contributed by atoms with E-state index in [4.69, 9.17) is 9.22 Å². The molecule has 0 aliphatic heterocycles. The van der Waals surface area contributed by atoms with E-state index in [1.54, 1.807) is 12.1 Å². The Bertz CT molecular complexity index is 1190. The summed E-state index contributed by atoms with van der Waals surface area (Å²) in [6.07, 6.45) is 7.78. The van der Waals surface area contributed by atoms with Crippen LogP contribution in [0.15, 0.2) is 65.2 Å². The van der Waals surface area contributed by atoms with E-state index in [2.05, 4.69) is 24.2 Å². The minimum atomic E-state index is -0.811. The van der Waals surface area contributed by atoms with Gasteiger partial charge in [0.25, 0.3) is 0 Å². The maximum atomic E-state index is 13.4. The van der Waals surface area contributed by atoms with Crippen LogP contribution in [-0.2, 0) is 22.1 Å². The second kappa shape index (κ2) is 8.72. The number of nitrogens with zero attached hydrogens (tertiary/aromatic N) is 2. The molecule has 2 atom stereocenters. The lowest BCUT2D eigenvalue weighted by atomic mass is 9.65. The third-order valence-electron chi connectivity index (χ3n) is 7.33. The van der Waals surface area contributed by atoms with Gasteiger partial charge in [-0.3, -0.25) is 0 Å². The minimum Gasteiger partial charge on any atom is -0.389 e. The van der Waals surface area contributed by atoms with Crippen molar-refractivity contribution in [2.24, 2.45) is 5.41 Å². The van der Waals surface area contributed by atoms with Crippen LogP contribution in [0.2, 0.25) is 0 Å². The SMILES string of the molecule is COOSc1ccccc1CC[C@]1(O)CCC2=Cc3c(cnn3-c3ccc(F)cc3)C[C@@]21C. The van der Waals surface area contributed by atoms with Gasteiger partial charge in [0.1, 0.15) is 5.82 Å². The standard InChI is InChI=1S/C26H27FN2O3S/c1-25-16-19-17-28-29(22-9-7-21(27)8-10-22)23(19)15-20(25)12-14-26(25,30)13-11-18-5-3-4-6-24(18)33-32-31-2/h3-10,15,17,30H,11-14,16H2,1-2H3/t25-,26-/m0/s1. The highest BCUT2D eigenvalue weighted by Gasteiger charge is 2.54. The molecule has 0 spiro atoms. The summed E-state index contributed by atoms with van der Waals surface area (Å²) in [6, 6.07) is 14.4. The smallest absolute Gasteiger partial charge is 0.123 e. The number of hydrogen-bond donors (Lipinski definition) is 1. The molecule has 2 aliphatic rings. The first-order chi connectivity index (χ1) is 15.9. The topological polar surface area (TPSA) is 56.5 Å². The number of benzene rings is 2. The molecule has 2 aromatic carbocycles. The molecule has 5 rings (SSSR count). The number of hydrogen-bond acceptors (Lipinski definition) is 5. The van der Waals surface area contributed by atoms with Crippen LogP contribution >= 0.6 is 12.0 Å². The van der Waals surface area contributed by atoms with Gasteiger partial charge >= 0.3 is 0 Å². The van der Waals surface area contributed by atoms with Crippen molar-refractivity contribution in [1.29, 1.82) is 0 Å². The maximum absolute atomic E-state index is 13.4. The van der Waals surface area contributed by atoms with Gasteiger partial charge in [0, 0.05) is 10.3 Å². The molecular formula is C26H27FN2O3S. The normalized spacial score (nSPS) is 23.8. The Morgan fingerprint density at radius 1 is 1.18 bits per heavy atom. The molecule has 0 unspecified atom stereocenters. The van der Waals surface area contributed by atoms with Gasteiger partial charge < -0.3 is 5.11 Å². The summed E-state index contributed by atoms with van der Waals surface area (Å²) in [6.45, 7) is 2.18. The Hall–Kier alpha value is -2.45. The summed E-state index contributed by atoms with van der Waals surface area (Å²) in [5.41, 5.74) is 4.20. The van der Waals surface area contributed by atoms with Crippen LogP contribution in [0.3, 0.4) is 0 Å². The highest BCUT2D eigenvalue weighted by Crippen LogP contribution is 2.57. The quantitative estimate of drug-likeness (QED) is 0.275. The number of halogens is 1. The van der Waals surface area contributed by atoms with Crippen LogP contribution in [0.5, 0.6) is 0 Å². The van der Waals surface area contributed by atoms with E-state index in [-0.39, 0.29) is 11.2 Å². The molecule has 5 nitrogen and oxygen atoms in total. The Balaban J connectivity index is 1.39. The van der Waals surface area contributed by atoms with Gasteiger partial charge in [0.05, 0.1) is 42.3 Å². The zero-order chi connectivity index (χ0) is 23.1. The monoisotopic (exact) mass is 466 g/mol. The average Bonchev–Trinajstić information content (AvgIpc) is 3.33. The van der Waals surface area contributed by atoms with Crippen molar-refractivity contribution in [3.8, 4) is 5.69 Å². The number of fused-ring (bicyclic) bond motifs is 2. The zero-order valence-corrected chi connectivity index (χ0v) is 19.6. The fraction of sp³-hybridized carbons (Fsp3) is 0.346. The first-order valence-corrected chi connectivity index (χ1v) is 11.9. The van der Waals surface area contributed by atoms with Crippen molar-refractivity contribution in [3.63, 3.8) is 0 Å². The van der Waals surface area contributed by atoms with E-state index < -0.39 is 5.60 Å². The van der Waals surface area contributed by atoms with E-state index >= 15 is 0 Å². The largest absolute Gasteiger partial charge is 0.389 e. The van der Waals surface area contributed by atoms with Crippen molar-refractivity contribution in [2.75, 3.05) is 7.11 Å².